The van der Waals surface area contributed by atoms with E-state index in [0.29, 0.717) is 0 Å². The van der Waals surface area contributed by atoms with Crippen LogP contribution in [-0.4, -0.2) is 5.88 Å². The highest BCUT2D eigenvalue weighted by atomic mass is 35.5. The van der Waals surface area contributed by atoms with Crippen LogP contribution in [0.15, 0.2) is 24.3 Å². The first-order valence-electron chi connectivity index (χ1n) is 4.50. The maximum atomic E-state index is 5.63. The first-order valence-corrected chi connectivity index (χ1v) is 5.04. The van der Waals surface area contributed by atoms with Gasteiger partial charge in [0.2, 0.25) is 0 Å². The van der Waals surface area contributed by atoms with Crippen molar-refractivity contribution in [1.29, 1.82) is 0 Å². The molecule has 0 saturated heterocycles. The maximum Gasteiger partial charge on any atom is 0.0226 e. The summed E-state index contributed by atoms with van der Waals surface area (Å²) >= 11 is 5.63. The van der Waals surface area contributed by atoms with Gasteiger partial charge in [0.05, 0.1) is 0 Å². The zero-order valence-electron chi connectivity index (χ0n) is 8.22. The second-order valence-corrected chi connectivity index (χ2v) is 3.34. The van der Waals surface area contributed by atoms with Crippen LogP contribution in [0.1, 0.15) is 24.5 Å². The minimum atomic E-state index is 0. The quantitative estimate of drug-likeness (QED) is 0.740. The lowest BCUT2D eigenvalue weighted by molar-refractivity contribution is 0.924. The molecule has 0 amide bonds. The lowest BCUT2D eigenvalue weighted by Gasteiger charge is -2.01. The zero-order chi connectivity index (χ0) is 8.81. The van der Waals surface area contributed by atoms with Gasteiger partial charge in [0, 0.05) is 5.88 Å². The van der Waals surface area contributed by atoms with Gasteiger partial charge in [-0.05, 0) is 30.4 Å². The summed E-state index contributed by atoms with van der Waals surface area (Å²) in [5, 5.41) is 0. The van der Waals surface area contributed by atoms with Gasteiger partial charge in [-0.2, -0.15) is 0 Å². The standard InChI is InChI=1S/C11H15Cl.H3N/c1-2-10-5-3-6-11(9-10)7-4-8-12;/h3,5-6,9H,2,4,7-8H2,1H3;1H3. The van der Waals surface area contributed by atoms with Gasteiger partial charge in [-0.3, -0.25) is 0 Å². The Morgan fingerprint density at radius 2 is 1.92 bits per heavy atom. The van der Waals surface area contributed by atoms with Crippen LogP contribution >= 0.6 is 11.6 Å². The molecule has 2 heteroatoms. The Morgan fingerprint density at radius 1 is 1.23 bits per heavy atom. The van der Waals surface area contributed by atoms with Crippen molar-refractivity contribution in [3.8, 4) is 0 Å². The highest BCUT2D eigenvalue weighted by Gasteiger charge is 1.93. The van der Waals surface area contributed by atoms with E-state index in [1.807, 2.05) is 0 Å². The molecule has 0 saturated carbocycles. The molecule has 3 N–H and O–H groups in total. The van der Waals surface area contributed by atoms with E-state index in [-0.39, 0.29) is 6.15 Å². The Labute approximate surface area is 85.7 Å². The highest BCUT2D eigenvalue weighted by molar-refractivity contribution is 6.17. The third-order valence-corrected chi connectivity index (χ3v) is 2.27. The van der Waals surface area contributed by atoms with Gasteiger partial charge in [-0.15, -0.1) is 11.6 Å². The molecule has 0 aromatic heterocycles. The lowest BCUT2D eigenvalue weighted by atomic mass is 10.1. The topological polar surface area (TPSA) is 35.0 Å². The van der Waals surface area contributed by atoms with Crippen molar-refractivity contribution in [3.63, 3.8) is 0 Å². The average molecular weight is 200 g/mol. The minimum Gasteiger partial charge on any atom is -0.344 e. The number of halogens is 1. The van der Waals surface area contributed by atoms with E-state index in [0.717, 1.165) is 25.1 Å². The Kier molecular flexibility index (Phi) is 6.65. The molecule has 1 rings (SSSR count). The summed E-state index contributed by atoms with van der Waals surface area (Å²) < 4.78 is 0. The molecule has 1 aromatic rings. The summed E-state index contributed by atoms with van der Waals surface area (Å²) in [6.07, 6.45) is 3.31. The van der Waals surface area contributed by atoms with E-state index in [2.05, 4.69) is 31.2 Å². The van der Waals surface area contributed by atoms with Gasteiger partial charge >= 0.3 is 0 Å². The molecule has 1 nitrogen and oxygen atoms in total. The van der Waals surface area contributed by atoms with E-state index in [1.165, 1.54) is 11.1 Å². The van der Waals surface area contributed by atoms with Crippen LogP contribution in [-0.2, 0) is 12.8 Å². The third kappa shape index (κ3) is 4.30. The number of rotatable bonds is 4. The normalized spacial score (nSPS) is 9.38. The molecule has 0 bridgehead atoms. The SMILES string of the molecule is CCc1cccc(CCCCl)c1.N. The van der Waals surface area contributed by atoms with Gasteiger partial charge in [-0.1, -0.05) is 31.2 Å². The van der Waals surface area contributed by atoms with Crippen LogP contribution in [0.2, 0.25) is 0 Å². The molecule has 0 atom stereocenters. The lowest BCUT2D eigenvalue weighted by Crippen LogP contribution is -1.88. The molecule has 0 heterocycles. The van der Waals surface area contributed by atoms with Crippen LogP contribution in [0.5, 0.6) is 0 Å². The molecule has 0 aliphatic rings. The van der Waals surface area contributed by atoms with Crippen molar-refractivity contribution < 1.29 is 0 Å². The number of hydrogen-bond acceptors (Lipinski definition) is 1. The summed E-state index contributed by atoms with van der Waals surface area (Å²) in [6, 6.07) is 8.74. The predicted octanol–water partition coefficient (Wildman–Crippen LogP) is 3.58. The fourth-order valence-electron chi connectivity index (χ4n) is 1.28. The van der Waals surface area contributed by atoms with Gasteiger partial charge in [0.15, 0.2) is 0 Å². The van der Waals surface area contributed by atoms with E-state index >= 15 is 0 Å². The van der Waals surface area contributed by atoms with Crippen molar-refractivity contribution in [2.75, 3.05) is 5.88 Å². The molecule has 74 valence electrons. The Bertz CT molecular complexity index is 235. The number of aryl methyl sites for hydroxylation is 2. The van der Waals surface area contributed by atoms with Crippen molar-refractivity contribution in [2.24, 2.45) is 0 Å². The van der Waals surface area contributed by atoms with Gasteiger partial charge in [-0.25, -0.2) is 0 Å². The average Bonchev–Trinajstić information content (AvgIpc) is 2.15. The van der Waals surface area contributed by atoms with Crippen LogP contribution in [0, 0.1) is 0 Å². The van der Waals surface area contributed by atoms with E-state index in [1.54, 1.807) is 0 Å². The van der Waals surface area contributed by atoms with Crippen molar-refractivity contribution in [3.05, 3.63) is 35.4 Å². The fourth-order valence-corrected chi connectivity index (χ4v) is 1.41. The Hall–Kier alpha value is -0.530. The molecule has 0 spiro atoms. The van der Waals surface area contributed by atoms with E-state index in [9.17, 15) is 0 Å². The molecule has 0 radical (unpaired) electrons. The Balaban J connectivity index is 0.00000144. The van der Waals surface area contributed by atoms with Crippen LogP contribution in [0.4, 0.5) is 0 Å². The minimum absolute atomic E-state index is 0. The van der Waals surface area contributed by atoms with Crippen molar-refractivity contribution in [1.82, 2.24) is 6.15 Å². The summed E-state index contributed by atoms with van der Waals surface area (Å²) in [5.74, 6) is 0.760. The first kappa shape index (κ1) is 12.5. The molecule has 0 fully saturated rings. The van der Waals surface area contributed by atoms with Crippen molar-refractivity contribution >= 4 is 11.6 Å². The summed E-state index contributed by atoms with van der Waals surface area (Å²) in [4.78, 5) is 0. The highest BCUT2D eigenvalue weighted by Crippen LogP contribution is 2.08. The third-order valence-electron chi connectivity index (χ3n) is 2.00. The van der Waals surface area contributed by atoms with Crippen LogP contribution in [0.25, 0.3) is 0 Å². The summed E-state index contributed by atoms with van der Waals surface area (Å²) in [5.41, 5.74) is 2.83. The van der Waals surface area contributed by atoms with Gasteiger partial charge in [0.1, 0.15) is 0 Å². The second kappa shape index (κ2) is 6.93. The monoisotopic (exact) mass is 199 g/mol. The fraction of sp³-hybridized carbons (Fsp3) is 0.455. The molecular weight excluding hydrogens is 182 g/mol. The largest absolute Gasteiger partial charge is 0.344 e. The maximum absolute atomic E-state index is 5.63. The number of alkyl halides is 1. The van der Waals surface area contributed by atoms with E-state index < -0.39 is 0 Å². The molecule has 1 aromatic carbocycles. The Morgan fingerprint density at radius 3 is 2.54 bits per heavy atom. The number of benzene rings is 1. The van der Waals surface area contributed by atoms with Gasteiger partial charge in [0.25, 0.3) is 0 Å². The second-order valence-electron chi connectivity index (χ2n) is 2.97. The zero-order valence-corrected chi connectivity index (χ0v) is 8.98. The molecule has 0 aliphatic heterocycles. The molecule has 13 heavy (non-hydrogen) atoms. The van der Waals surface area contributed by atoms with Crippen molar-refractivity contribution in [2.45, 2.75) is 26.2 Å². The first-order chi connectivity index (χ1) is 5.86. The van der Waals surface area contributed by atoms with Crippen LogP contribution < -0.4 is 6.15 Å². The van der Waals surface area contributed by atoms with E-state index in [4.69, 9.17) is 11.6 Å². The molecular formula is C11H18ClN. The predicted molar refractivity (Wildman–Crippen MR) is 59.9 cm³/mol. The van der Waals surface area contributed by atoms with Crippen LogP contribution in [0.3, 0.4) is 0 Å². The smallest absolute Gasteiger partial charge is 0.0226 e. The molecule has 0 unspecified atom stereocenters. The summed E-state index contributed by atoms with van der Waals surface area (Å²) in [7, 11) is 0. The van der Waals surface area contributed by atoms with Gasteiger partial charge < -0.3 is 6.15 Å². The summed E-state index contributed by atoms with van der Waals surface area (Å²) in [6.45, 7) is 2.18. The number of hydrogen-bond donors (Lipinski definition) is 1. The molecule has 0 aliphatic carbocycles.